The molecule has 0 saturated heterocycles. The molecule has 0 N–H and O–H groups in total. The Hall–Kier alpha value is -13.0. The summed E-state index contributed by atoms with van der Waals surface area (Å²) in [4.78, 5) is 32.3. The van der Waals surface area contributed by atoms with Crippen LogP contribution in [0.4, 0.5) is 0 Å². The first-order valence-electron chi connectivity index (χ1n) is 34.2. The molecule has 0 atom stereocenters. The van der Waals surface area contributed by atoms with Crippen LogP contribution in [0.2, 0.25) is 0 Å². The van der Waals surface area contributed by atoms with Gasteiger partial charge in [0.1, 0.15) is 0 Å². The maximum absolute atomic E-state index is 5.44. The molecule has 102 heavy (non-hydrogen) atoms. The molecule has 0 unspecified atom stereocenters. The van der Waals surface area contributed by atoms with Crippen molar-refractivity contribution in [2.45, 2.75) is 0 Å². The van der Waals surface area contributed by atoms with Crippen LogP contribution in [0.5, 0.6) is 0 Å². The van der Waals surface area contributed by atoms with E-state index in [0.29, 0.717) is 34.9 Å². The van der Waals surface area contributed by atoms with Gasteiger partial charge in [0, 0.05) is 73.7 Å². The van der Waals surface area contributed by atoms with Crippen molar-refractivity contribution in [2.75, 3.05) is 0 Å². The molecule has 0 spiro atoms. The first-order chi connectivity index (χ1) is 50.5. The van der Waals surface area contributed by atoms with Crippen LogP contribution in [-0.2, 0) is 0 Å². The topological polar surface area (TPSA) is 77.3 Å². The van der Waals surface area contributed by atoms with E-state index in [2.05, 4.69) is 346 Å². The van der Waals surface area contributed by atoms with Gasteiger partial charge in [0.25, 0.3) is 0 Å². The normalized spacial score (nSPS) is 11.5. The quantitative estimate of drug-likeness (QED) is 0.114. The minimum Gasteiger partial charge on any atom is -0.208 e. The SMILES string of the molecule is c1ccc(-c2ccc(-c3ccc4ccc(-c5nc(-c6ccccc6-c6ccccc6)nc(-c6cccc7c6sc6cccc(-c8ccc(-c9cccc(-c%10cccc(-c%11nc(-c%12ccccc%12-c%12ccccc%12)nc(-c%12cccc%13c%12sc%12ccccc%12%13)n%11)c%10)c9)cc8)c67)n5)cc4c3)cc2)cc1. The smallest absolute Gasteiger partial charge is 0.165 e. The molecule has 6 nitrogen and oxygen atoms in total. The number of thiophene rings is 2. The summed E-state index contributed by atoms with van der Waals surface area (Å²) in [5.41, 5.74) is 21.3. The van der Waals surface area contributed by atoms with Crippen LogP contribution < -0.4 is 0 Å². The second kappa shape index (κ2) is 25.7. The molecule has 476 valence electrons. The summed E-state index contributed by atoms with van der Waals surface area (Å²) in [5.74, 6) is 3.71. The fourth-order valence-electron chi connectivity index (χ4n) is 14.4. The lowest BCUT2D eigenvalue weighted by Crippen LogP contribution is -2.01. The molecule has 0 aliphatic rings. The summed E-state index contributed by atoms with van der Waals surface area (Å²) in [6.45, 7) is 0. The average molecular weight is 1340 g/mol. The van der Waals surface area contributed by atoms with Crippen molar-refractivity contribution in [3.63, 3.8) is 0 Å². The first-order valence-corrected chi connectivity index (χ1v) is 35.8. The lowest BCUT2D eigenvalue weighted by atomic mass is 9.95. The van der Waals surface area contributed by atoms with E-state index < -0.39 is 0 Å². The molecular weight excluding hydrogens is 1280 g/mol. The molecular formula is C94H58N6S2. The van der Waals surface area contributed by atoms with E-state index in [0.717, 1.165) is 126 Å². The van der Waals surface area contributed by atoms with E-state index in [1.807, 2.05) is 6.07 Å². The van der Waals surface area contributed by atoms with Crippen molar-refractivity contribution in [3.8, 4) is 146 Å². The van der Waals surface area contributed by atoms with Crippen molar-refractivity contribution in [2.24, 2.45) is 0 Å². The second-order valence-electron chi connectivity index (χ2n) is 25.6. The zero-order valence-corrected chi connectivity index (χ0v) is 56.6. The molecule has 0 saturated carbocycles. The summed E-state index contributed by atoms with van der Waals surface area (Å²) in [7, 11) is 0. The standard InChI is InChI=1S/C94H58N6S2/c1-4-21-59(22-5-1)60-43-45-62(46-44-60)70-53-49-63-50-54-72(58-73(63)57-70)90-96-92(80-35-13-11-32-75(80)65-25-8-3-9-26-65)100-94(98-90)83-40-19-38-81-86-76(36-20-42-85(86)102-88(81)83)66-51-47-61(48-52-66)67-27-16-28-68(55-67)69-29-17-30-71(56-69)89-95-91(79-34-12-10-31-74(79)64-23-6-2-7-24-64)99-93(97-89)82-39-18-37-78-77-33-14-15-41-84(77)101-87(78)82/h1-58H. The van der Waals surface area contributed by atoms with Crippen LogP contribution in [0.25, 0.3) is 197 Å². The highest BCUT2D eigenvalue weighted by Crippen LogP contribution is 2.46. The van der Waals surface area contributed by atoms with Crippen molar-refractivity contribution in [1.82, 2.24) is 29.9 Å². The minimum atomic E-state index is 0.608. The van der Waals surface area contributed by atoms with Gasteiger partial charge in [-0.25, -0.2) is 29.9 Å². The predicted molar refractivity (Wildman–Crippen MR) is 427 cm³/mol. The number of nitrogens with zero attached hydrogens (tertiary/aromatic N) is 6. The van der Waals surface area contributed by atoms with Gasteiger partial charge in [-0.1, -0.05) is 303 Å². The lowest BCUT2D eigenvalue weighted by Gasteiger charge is -2.13. The Bertz CT molecular complexity index is 6430. The number of fused-ring (bicyclic) bond motifs is 7. The third-order valence-corrected chi connectivity index (χ3v) is 21.9. The van der Waals surface area contributed by atoms with Gasteiger partial charge in [0.2, 0.25) is 0 Å². The molecule has 0 aliphatic heterocycles. The summed E-state index contributed by atoms with van der Waals surface area (Å²) < 4.78 is 4.69. The second-order valence-corrected chi connectivity index (χ2v) is 27.7. The van der Waals surface area contributed by atoms with E-state index in [4.69, 9.17) is 29.9 Å². The number of hydrogen-bond donors (Lipinski definition) is 0. The molecule has 0 radical (unpaired) electrons. The number of hydrogen-bond acceptors (Lipinski definition) is 8. The van der Waals surface area contributed by atoms with Crippen molar-refractivity contribution < 1.29 is 0 Å². The van der Waals surface area contributed by atoms with Crippen molar-refractivity contribution in [3.05, 3.63) is 352 Å². The summed E-state index contributed by atoms with van der Waals surface area (Å²) in [6.07, 6.45) is 0. The number of rotatable bonds is 13. The van der Waals surface area contributed by atoms with E-state index in [1.165, 1.54) is 36.7 Å². The fraction of sp³-hybridized carbons (Fsp3) is 0. The predicted octanol–water partition coefficient (Wildman–Crippen LogP) is 25.6. The Morgan fingerprint density at radius 3 is 1.08 bits per heavy atom. The summed E-state index contributed by atoms with van der Waals surface area (Å²) in [5, 5.41) is 7.02. The minimum absolute atomic E-state index is 0.608. The Labute approximate surface area is 597 Å². The third kappa shape index (κ3) is 11.2. The molecule has 8 heteroatoms. The van der Waals surface area contributed by atoms with Crippen LogP contribution in [0.3, 0.4) is 0 Å². The molecule has 19 rings (SSSR count). The molecule has 0 aliphatic carbocycles. The lowest BCUT2D eigenvalue weighted by molar-refractivity contribution is 1.08. The Kier molecular flexibility index (Phi) is 15.2. The Morgan fingerprint density at radius 2 is 0.480 bits per heavy atom. The molecule has 4 heterocycles. The summed E-state index contributed by atoms with van der Waals surface area (Å²) >= 11 is 3.56. The first kappa shape index (κ1) is 60.2. The van der Waals surface area contributed by atoms with E-state index in [-0.39, 0.29) is 0 Å². The zero-order chi connectivity index (χ0) is 67.5. The third-order valence-electron chi connectivity index (χ3n) is 19.5. The molecule has 0 bridgehead atoms. The molecule has 0 amide bonds. The Morgan fingerprint density at radius 1 is 0.167 bits per heavy atom. The highest BCUT2D eigenvalue weighted by atomic mass is 32.1. The highest BCUT2D eigenvalue weighted by molar-refractivity contribution is 7.26. The fourth-order valence-corrected chi connectivity index (χ4v) is 16.8. The van der Waals surface area contributed by atoms with Gasteiger partial charge >= 0.3 is 0 Å². The van der Waals surface area contributed by atoms with E-state index >= 15 is 0 Å². The van der Waals surface area contributed by atoms with E-state index in [9.17, 15) is 0 Å². The average Bonchev–Trinajstić information content (AvgIpc) is 1.57. The van der Waals surface area contributed by atoms with Gasteiger partial charge in [0.05, 0.1) is 0 Å². The van der Waals surface area contributed by atoms with Crippen LogP contribution in [0.1, 0.15) is 0 Å². The van der Waals surface area contributed by atoms with Gasteiger partial charge in [-0.2, -0.15) is 0 Å². The van der Waals surface area contributed by atoms with Gasteiger partial charge in [0.15, 0.2) is 34.9 Å². The van der Waals surface area contributed by atoms with Crippen LogP contribution in [0.15, 0.2) is 352 Å². The van der Waals surface area contributed by atoms with Gasteiger partial charge in [-0.3, -0.25) is 0 Å². The highest BCUT2D eigenvalue weighted by Gasteiger charge is 2.23. The monoisotopic (exact) mass is 1330 g/mol. The van der Waals surface area contributed by atoms with Crippen molar-refractivity contribution >= 4 is 73.8 Å². The van der Waals surface area contributed by atoms with E-state index in [1.54, 1.807) is 22.7 Å². The van der Waals surface area contributed by atoms with Gasteiger partial charge in [-0.15, -0.1) is 22.7 Å². The van der Waals surface area contributed by atoms with Crippen LogP contribution in [0, 0.1) is 0 Å². The maximum atomic E-state index is 5.44. The molecule has 15 aromatic carbocycles. The number of benzene rings is 15. The maximum Gasteiger partial charge on any atom is 0.165 e. The van der Waals surface area contributed by atoms with Gasteiger partial charge in [-0.05, 0) is 137 Å². The van der Waals surface area contributed by atoms with Crippen LogP contribution in [-0.4, -0.2) is 29.9 Å². The molecule has 19 aromatic rings. The molecule has 4 aromatic heterocycles. The van der Waals surface area contributed by atoms with Crippen molar-refractivity contribution in [1.29, 1.82) is 0 Å². The van der Waals surface area contributed by atoms with Crippen LogP contribution >= 0.6 is 22.7 Å². The van der Waals surface area contributed by atoms with Gasteiger partial charge < -0.3 is 0 Å². The largest absolute Gasteiger partial charge is 0.208 e. The molecule has 0 fully saturated rings. The number of aromatic nitrogens is 6. The zero-order valence-electron chi connectivity index (χ0n) is 55.0. The summed E-state index contributed by atoms with van der Waals surface area (Å²) in [6, 6.07) is 125. The Balaban J connectivity index is 0.662.